The van der Waals surface area contributed by atoms with Crippen molar-refractivity contribution in [3.63, 3.8) is 0 Å². The Bertz CT molecular complexity index is 4790. The van der Waals surface area contributed by atoms with Crippen molar-refractivity contribution in [2.24, 2.45) is 0 Å². The van der Waals surface area contributed by atoms with Crippen LogP contribution in [0.4, 0.5) is 11.4 Å². The summed E-state index contributed by atoms with van der Waals surface area (Å²) in [4.78, 5) is 37.1. The van der Waals surface area contributed by atoms with Crippen molar-refractivity contribution in [2.45, 2.75) is 144 Å². The standard InChI is InChI=1S/2C17H18IN2S.C13H25INP4.3C13H21IN.C12H18IN/c1-11-5-8-16-14(9-11)19-17(21-16)12-6-7-15(20(3)4)13(10-12)18-2;1-11-5-7-14-16(9-11)21-17(19-14)12-6-8-15(20(3)4)13(10-12)18-2;1-9-6-12(13(14-4)7-10(9)2)8-11(3)15(5)19(17)18-16;1-10-8-12(6-7-15(4)5)13(14-3)9-11(10)2;1-10-6-7-13(14-3)12(8-10)9-11(2)15(4)5;1-10-6-7-12(13(8-10)14-3)9-11(2)15(4)5;1-10(14(2)3)8-11-4-6-12(9-13)7-5-11/h2*5-10H,1-4H3;6-7,11,18H,8,16-17H2,1-5H3;8-9H,6-7H2,1-5H3;2*6-8,11H,9H2,1-5H3;4-7,10H,8-9H2,1-3H3/q6*-1;/t;;11-,19?;;2*11-;10-/m..1.111/s1. The van der Waals surface area contributed by atoms with Gasteiger partial charge in [0.1, 0.15) is 0 Å². The third-order valence-electron chi connectivity index (χ3n) is 21.2. The maximum atomic E-state index is 4.81. The predicted octanol–water partition coefficient (Wildman–Crippen LogP) is 5.24. The third-order valence-corrected chi connectivity index (χ3v) is 47.6. The van der Waals surface area contributed by atoms with E-state index in [1.165, 1.54) is 120 Å². The molecule has 2 heterocycles. The first-order chi connectivity index (χ1) is 56.8. The molecule has 9 nitrogen and oxygen atoms in total. The summed E-state index contributed by atoms with van der Waals surface area (Å²) in [6.07, 6.45) is 5.86. The Kier molecular flexibility index (Phi) is 51.6. The van der Waals surface area contributed by atoms with E-state index in [-0.39, 0.29) is 135 Å². The van der Waals surface area contributed by atoms with Crippen LogP contribution in [0, 0.1) is 76.8 Å². The van der Waals surface area contributed by atoms with Gasteiger partial charge in [-0.25, -0.2) is 0 Å². The van der Waals surface area contributed by atoms with Crippen LogP contribution in [0.1, 0.15) is 106 Å². The Labute approximate surface area is 820 Å². The van der Waals surface area contributed by atoms with Gasteiger partial charge in [0.15, 0.2) is 0 Å². The SMILES string of the molecule is C[C@H](Cc1ccc(CI)cc1)N(C)C.C[I-]c1cc(-c2nc3cc(C)ccc3s2)ccc1N(C)C.C[I-]c1cc(-c2nc3ccc(C)cc3s2)ccc1N(C)C.C[I-]c1cc(C)c(C)cc1CCN(C)C.C[I-]c1cc(C)c(C)cc1C[C@@H](C)N(C)P(P)PP.C[I-]c1cc(C)ccc1C[C@@H](C)N(C)C.C[I-]c1ccc(C)cc1C[C@@H](C)N(C)C. The summed E-state index contributed by atoms with van der Waals surface area (Å²) in [6.45, 7) is 27.9. The second-order valence-electron chi connectivity index (χ2n) is 32.1. The van der Waals surface area contributed by atoms with E-state index < -0.39 is 0 Å². The number of fused-ring (bicyclic) bond motifs is 2. The fourth-order valence-corrected chi connectivity index (χ4v) is 30.1. The van der Waals surface area contributed by atoms with Crippen molar-refractivity contribution >= 4 is 110 Å². The average Bonchev–Trinajstić information content (AvgIpc) is 1.66. The molecule has 120 heavy (non-hydrogen) atoms. The molecule has 0 radical (unpaired) electrons. The number of hydrogen-bond donors (Lipinski definition) is 0. The molecule has 4 unspecified atom stereocenters. The first-order valence-electron chi connectivity index (χ1n) is 40.6. The third kappa shape index (κ3) is 36.4. The zero-order valence-electron chi connectivity index (χ0n) is 77.9. The Morgan fingerprint density at radius 3 is 1.27 bits per heavy atom. The molecule has 0 saturated carbocycles. The number of hydrogen-bond acceptors (Lipinski definition) is 11. The molecule has 0 aliphatic heterocycles. The molecule has 0 saturated heterocycles. The van der Waals surface area contributed by atoms with E-state index in [1.54, 1.807) is 59.2 Å². The molecule has 22 heteroatoms. The Balaban J connectivity index is 0.000000251. The minimum absolute atomic E-state index is 0.0510. The van der Waals surface area contributed by atoms with Gasteiger partial charge in [-0.05, 0) is 38.6 Å². The van der Waals surface area contributed by atoms with E-state index in [2.05, 4.69) is 437 Å². The van der Waals surface area contributed by atoms with Crippen molar-refractivity contribution in [3.05, 3.63) is 257 Å². The maximum absolute atomic E-state index is 4.81. The first kappa shape index (κ1) is 110. The van der Waals surface area contributed by atoms with Gasteiger partial charge in [-0.1, -0.05) is 46.9 Å². The molecule has 666 valence electrons. The van der Waals surface area contributed by atoms with E-state index in [9.17, 15) is 0 Å². The number of alkyl halides is 7. The number of anilines is 2. The molecule has 8 atom stereocenters. The van der Waals surface area contributed by atoms with Gasteiger partial charge in [-0.3, -0.25) is 0 Å². The van der Waals surface area contributed by atoms with Crippen LogP contribution in [0.5, 0.6) is 0 Å². The number of thiazole rings is 2. The van der Waals surface area contributed by atoms with Crippen LogP contribution in [0.3, 0.4) is 0 Å². The van der Waals surface area contributed by atoms with Crippen molar-refractivity contribution < 1.29 is 127 Å². The number of benzene rings is 9. The molecule has 0 aliphatic carbocycles. The molecule has 11 aromatic rings. The van der Waals surface area contributed by atoms with Crippen molar-refractivity contribution in [1.82, 2.24) is 34.2 Å². The summed E-state index contributed by atoms with van der Waals surface area (Å²) in [5.74, 6) is 0. The molecule has 0 N–H and O–H groups in total. The quantitative estimate of drug-likeness (QED) is 0.0373. The zero-order valence-corrected chi connectivity index (χ0v) is 98.8. The van der Waals surface area contributed by atoms with E-state index >= 15 is 0 Å². The molecule has 2 aromatic heterocycles. The molecule has 0 fully saturated rings. The Hall–Kier alpha value is -1.01. The van der Waals surface area contributed by atoms with Crippen LogP contribution < -0.4 is 137 Å². The second-order valence-corrected chi connectivity index (χ2v) is 57.5. The molecule has 0 bridgehead atoms. The van der Waals surface area contributed by atoms with Gasteiger partial charge in [0.2, 0.25) is 0 Å². The molecule has 9 aromatic carbocycles. The van der Waals surface area contributed by atoms with Gasteiger partial charge in [0.25, 0.3) is 0 Å². The topological polar surface area (TPSA) is 48.5 Å². The average molecular weight is 2520 g/mol. The number of aryl methyl sites for hydroxylation is 8. The second kappa shape index (κ2) is 56.5. The molecular formula is C98H142I7N9P4S2-6. The fourth-order valence-electron chi connectivity index (χ4n) is 12.4. The van der Waals surface area contributed by atoms with Crippen molar-refractivity contribution in [3.8, 4) is 21.1 Å². The van der Waals surface area contributed by atoms with Gasteiger partial charge in [-0.15, -0.1) is 0 Å². The van der Waals surface area contributed by atoms with Gasteiger partial charge in [0.05, 0.1) is 0 Å². The summed E-state index contributed by atoms with van der Waals surface area (Å²) in [5, 5.41) is 2.25. The van der Waals surface area contributed by atoms with Gasteiger partial charge in [-0.2, -0.15) is 0 Å². The van der Waals surface area contributed by atoms with Crippen LogP contribution in [0.2, 0.25) is 0 Å². The van der Waals surface area contributed by atoms with Gasteiger partial charge >= 0.3 is 731 Å². The first-order valence-corrected chi connectivity index (χ1v) is 69.7. The van der Waals surface area contributed by atoms with Crippen LogP contribution >= 0.6 is 78.5 Å². The van der Waals surface area contributed by atoms with E-state index in [0.717, 1.165) is 46.4 Å². The fraction of sp³-hybridized carbons (Fsp3) is 0.429. The van der Waals surface area contributed by atoms with Crippen LogP contribution in [-0.2, 0) is 36.5 Å². The van der Waals surface area contributed by atoms with Crippen molar-refractivity contribution in [2.75, 3.05) is 138 Å². The van der Waals surface area contributed by atoms with E-state index in [1.807, 2.05) is 0 Å². The molecular weight excluding hydrogens is 2380 g/mol. The van der Waals surface area contributed by atoms with Gasteiger partial charge in [0, 0.05) is 10.5 Å². The summed E-state index contributed by atoms with van der Waals surface area (Å²) >= 11 is 6.84. The number of halogens is 7. The molecule has 0 spiro atoms. The molecule has 0 aliphatic rings. The van der Waals surface area contributed by atoms with E-state index in [4.69, 9.17) is 9.97 Å². The molecule has 0 amide bonds. The monoisotopic (exact) mass is 2520 g/mol. The Morgan fingerprint density at radius 2 is 0.783 bits per heavy atom. The van der Waals surface area contributed by atoms with Gasteiger partial charge < -0.3 is 4.90 Å². The summed E-state index contributed by atoms with van der Waals surface area (Å²) in [5.41, 5.74) is 27.6. The van der Waals surface area contributed by atoms with Crippen LogP contribution in [0.15, 0.2) is 158 Å². The van der Waals surface area contributed by atoms with Crippen molar-refractivity contribution in [1.29, 1.82) is 0 Å². The summed E-state index contributed by atoms with van der Waals surface area (Å²) in [7, 11) is 34.6. The Morgan fingerprint density at radius 1 is 0.383 bits per heavy atom. The minimum atomic E-state index is -0.0532. The summed E-state index contributed by atoms with van der Waals surface area (Å²) in [6, 6.07) is 61.3. The number of nitrogens with zero attached hydrogens (tertiary/aromatic N) is 9. The van der Waals surface area contributed by atoms with E-state index in [0.29, 0.717) is 24.2 Å². The van der Waals surface area contributed by atoms with Crippen LogP contribution in [-0.4, -0.2) is 186 Å². The number of likely N-dealkylation sites (N-methyl/N-ethyl adjacent to an activating group) is 5. The predicted molar refractivity (Wildman–Crippen MR) is 533 cm³/mol. The normalized spacial score (nSPS) is 12.7. The summed E-state index contributed by atoms with van der Waals surface area (Å²) < 4.78 is 15.6. The number of aromatic nitrogens is 2. The number of rotatable bonds is 28. The molecule has 11 rings (SSSR count). The zero-order chi connectivity index (χ0) is 89.4. The van der Waals surface area contributed by atoms with Crippen LogP contribution in [0.25, 0.3) is 41.6 Å².